The van der Waals surface area contributed by atoms with Gasteiger partial charge in [0.05, 0.1) is 6.10 Å². The number of nitrogens with one attached hydrogen (secondary N) is 1. The molecule has 1 aliphatic heterocycles. The van der Waals surface area contributed by atoms with Crippen molar-refractivity contribution in [2.24, 2.45) is 5.92 Å². The van der Waals surface area contributed by atoms with Gasteiger partial charge in [-0.1, -0.05) is 25.1 Å². The molecule has 3 rings (SSSR count). The molecule has 2 unspecified atom stereocenters. The van der Waals surface area contributed by atoms with Crippen molar-refractivity contribution < 1.29 is 9.13 Å². The first-order chi connectivity index (χ1) is 9.78. The average molecular weight is 277 g/mol. The molecule has 110 valence electrons. The molecule has 2 fully saturated rings. The summed E-state index contributed by atoms with van der Waals surface area (Å²) in [6, 6.07) is 7.74. The summed E-state index contributed by atoms with van der Waals surface area (Å²) in [4.78, 5) is 0. The maximum absolute atomic E-state index is 13.7. The van der Waals surface area contributed by atoms with Crippen LogP contribution in [0.2, 0.25) is 0 Å². The Balaban J connectivity index is 1.44. The maximum atomic E-state index is 13.7. The monoisotopic (exact) mass is 277 g/mol. The second-order valence-corrected chi connectivity index (χ2v) is 6.16. The first-order valence-electron chi connectivity index (χ1n) is 7.87. The van der Waals surface area contributed by atoms with Gasteiger partial charge < -0.3 is 10.1 Å². The van der Waals surface area contributed by atoms with Crippen molar-refractivity contribution in [3.8, 4) is 0 Å². The van der Waals surface area contributed by atoms with Gasteiger partial charge in [0.15, 0.2) is 0 Å². The van der Waals surface area contributed by atoms with Gasteiger partial charge >= 0.3 is 0 Å². The van der Waals surface area contributed by atoms with Crippen LogP contribution in [0.5, 0.6) is 0 Å². The molecule has 1 heterocycles. The molecule has 0 bridgehead atoms. The molecule has 1 aromatic rings. The number of hydrogen-bond acceptors (Lipinski definition) is 2. The number of halogens is 1. The van der Waals surface area contributed by atoms with Crippen LogP contribution in [0, 0.1) is 11.7 Å². The molecule has 0 spiro atoms. The van der Waals surface area contributed by atoms with Gasteiger partial charge in [0, 0.05) is 19.2 Å². The topological polar surface area (TPSA) is 21.3 Å². The summed E-state index contributed by atoms with van der Waals surface area (Å²) >= 11 is 0. The van der Waals surface area contributed by atoms with Crippen molar-refractivity contribution in [3.63, 3.8) is 0 Å². The van der Waals surface area contributed by atoms with Crippen molar-refractivity contribution >= 4 is 0 Å². The van der Waals surface area contributed by atoms with Crippen molar-refractivity contribution in [3.05, 3.63) is 35.6 Å². The smallest absolute Gasteiger partial charge is 0.126 e. The first kappa shape index (κ1) is 14.0. The lowest BCUT2D eigenvalue weighted by atomic mass is 9.75. The van der Waals surface area contributed by atoms with Crippen molar-refractivity contribution in [1.82, 2.24) is 5.32 Å². The highest BCUT2D eigenvalue weighted by molar-refractivity contribution is 5.24. The summed E-state index contributed by atoms with van der Waals surface area (Å²) in [7, 11) is 0. The average Bonchev–Trinajstić information content (AvgIpc) is 2.86. The van der Waals surface area contributed by atoms with Gasteiger partial charge in [-0.05, 0) is 49.1 Å². The molecule has 2 nitrogen and oxygen atoms in total. The Morgan fingerprint density at radius 1 is 1.30 bits per heavy atom. The molecule has 0 amide bonds. The third-order valence-electron chi connectivity index (χ3n) is 4.90. The summed E-state index contributed by atoms with van der Waals surface area (Å²) in [6.07, 6.45) is 4.84. The number of rotatable bonds is 5. The highest BCUT2D eigenvalue weighted by atomic mass is 19.1. The van der Waals surface area contributed by atoms with Gasteiger partial charge in [0.25, 0.3) is 0 Å². The van der Waals surface area contributed by atoms with E-state index in [0.29, 0.717) is 24.0 Å². The van der Waals surface area contributed by atoms with Crippen LogP contribution in [-0.4, -0.2) is 25.3 Å². The molecular weight excluding hydrogens is 253 g/mol. The van der Waals surface area contributed by atoms with Crippen LogP contribution in [0.15, 0.2) is 24.3 Å². The molecule has 2 atom stereocenters. The van der Waals surface area contributed by atoms with Crippen molar-refractivity contribution in [1.29, 1.82) is 0 Å². The molecule has 1 saturated carbocycles. The zero-order chi connectivity index (χ0) is 13.9. The van der Waals surface area contributed by atoms with E-state index in [-0.39, 0.29) is 5.82 Å². The Hall–Kier alpha value is -0.930. The minimum absolute atomic E-state index is 0.0498. The Bertz CT molecular complexity index is 444. The van der Waals surface area contributed by atoms with Crippen LogP contribution < -0.4 is 5.32 Å². The SMILES string of the molecule is CCC1OCCC1CNC1CC(c2ccccc2F)C1. The predicted molar refractivity (Wildman–Crippen MR) is 78.3 cm³/mol. The molecule has 1 N–H and O–H groups in total. The summed E-state index contributed by atoms with van der Waals surface area (Å²) < 4.78 is 19.4. The summed E-state index contributed by atoms with van der Waals surface area (Å²) in [5.41, 5.74) is 0.890. The Kier molecular flexibility index (Phi) is 4.37. The van der Waals surface area contributed by atoms with Crippen LogP contribution in [0.3, 0.4) is 0 Å². The quantitative estimate of drug-likeness (QED) is 0.889. The van der Waals surface area contributed by atoms with E-state index in [0.717, 1.165) is 38.0 Å². The van der Waals surface area contributed by atoms with E-state index >= 15 is 0 Å². The molecule has 1 aromatic carbocycles. The van der Waals surface area contributed by atoms with E-state index in [4.69, 9.17) is 4.74 Å². The molecule has 0 radical (unpaired) electrons. The summed E-state index contributed by atoms with van der Waals surface area (Å²) in [5.74, 6) is 1.01. The molecular formula is C17H24FNO. The first-order valence-corrected chi connectivity index (χ1v) is 7.87. The highest BCUT2D eigenvalue weighted by Gasteiger charge is 2.33. The van der Waals surface area contributed by atoms with Gasteiger partial charge in [0.1, 0.15) is 5.82 Å². The fraction of sp³-hybridized carbons (Fsp3) is 0.647. The molecule has 0 aromatic heterocycles. The van der Waals surface area contributed by atoms with Crippen LogP contribution >= 0.6 is 0 Å². The highest BCUT2D eigenvalue weighted by Crippen LogP contribution is 2.38. The fourth-order valence-electron chi connectivity index (χ4n) is 3.54. The van der Waals surface area contributed by atoms with Gasteiger partial charge in [-0.2, -0.15) is 0 Å². The third kappa shape index (κ3) is 2.89. The number of ether oxygens (including phenoxy) is 1. The zero-order valence-electron chi connectivity index (χ0n) is 12.1. The molecule has 1 saturated heterocycles. The van der Waals surface area contributed by atoms with Crippen LogP contribution in [0.4, 0.5) is 4.39 Å². The minimum Gasteiger partial charge on any atom is -0.378 e. The standard InChI is InChI=1S/C17H24FNO/c1-2-17-12(7-8-20-17)11-19-14-9-13(10-14)15-5-3-4-6-16(15)18/h3-6,12-14,17,19H,2,7-11H2,1H3. The third-order valence-corrected chi connectivity index (χ3v) is 4.90. The minimum atomic E-state index is -0.0498. The summed E-state index contributed by atoms with van der Waals surface area (Å²) in [6.45, 7) is 4.15. The normalized spacial score (nSPS) is 33.1. The fourth-order valence-corrected chi connectivity index (χ4v) is 3.54. The lowest BCUT2D eigenvalue weighted by molar-refractivity contribution is 0.0853. The molecule has 20 heavy (non-hydrogen) atoms. The largest absolute Gasteiger partial charge is 0.378 e. The lowest BCUT2D eigenvalue weighted by Crippen LogP contribution is -2.43. The van der Waals surface area contributed by atoms with E-state index in [9.17, 15) is 4.39 Å². The Labute approximate surface area is 120 Å². The van der Waals surface area contributed by atoms with Crippen molar-refractivity contribution in [2.75, 3.05) is 13.2 Å². The maximum Gasteiger partial charge on any atom is 0.126 e. The predicted octanol–water partition coefficient (Wildman–Crippen LogP) is 3.48. The van der Waals surface area contributed by atoms with E-state index in [2.05, 4.69) is 12.2 Å². The lowest BCUT2D eigenvalue weighted by Gasteiger charge is -2.37. The Morgan fingerprint density at radius 2 is 2.10 bits per heavy atom. The summed E-state index contributed by atoms with van der Waals surface area (Å²) in [5, 5.41) is 3.64. The molecule has 3 heteroatoms. The van der Waals surface area contributed by atoms with Crippen molar-refractivity contribution in [2.45, 2.75) is 50.7 Å². The zero-order valence-corrected chi connectivity index (χ0v) is 12.1. The Morgan fingerprint density at radius 3 is 2.85 bits per heavy atom. The molecule has 1 aliphatic carbocycles. The van der Waals surface area contributed by atoms with E-state index in [1.807, 2.05) is 12.1 Å². The molecule has 2 aliphatic rings. The van der Waals surface area contributed by atoms with Crippen LogP contribution in [0.1, 0.15) is 44.1 Å². The second-order valence-electron chi connectivity index (χ2n) is 6.16. The van der Waals surface area contributed by atoms with Gasteiger partial charge in [-0.3, -0.25) is 0 Å². The van der Waals surface area contributed by atoms with Crippen LogP contribution in [-0.2, 0) is 4.74 Å². The number of benzene rings is 1. The van der Waals surface area contributed by atoms with Crippen LogP contribution in [0.25, 0.3) is 0 Å². The van der Waals surface area contributed by atoms with Gasteiger partial charge in [-0.25, -0.2) is 4.39 Å². The second kappa shape index (κ2) is 6.23. The number of hydrogen-bond donors (Lipinski definition) is 1. The van der Waals surface area contributed by atoms with E-state index in [1.165, 1.54) is 6.42 Å². The van der Waals surface area contributed by atoms with Gasteiger partial charge in [0.2, 0.25) is 0 Å². The van der Waals surface area contributed by atoms with E-state index < -0.39 is 0 Å². The van der Waals surface area contributed by atoms with Gasteiger partial charge in [-0.15, -0.1) is 0 Å². The van der Waals surface area contributed by atoms with E-state index in [1.54, 1.807) is 12.1 Å².